The molecule has 4 aromatic rings. The Morgan fingerprint density at radius 3 is 2.15 bits per heavy atom. The van der Waals surface area contributed by atoms with Gasteiger partial charge in [-0.15, -0.1) is 0 Å². The molecule has 0 aliphatic carbocycles. The van der Waals surface area contributed by atoms with Crippen molar-refractivity contribution < 1.29 is 4.79 Å². The first-order valence-corrected chi connectivity index (χ1v) is 11.4. The van der Waals surface area contributed by atoms with Crippen LogP contribution in [0.3, 0.4) is 0 Å². The minimum atomic E-state index is -0.318. The second-order valence-corrected chi connectivity index (χ2v) is 8.19. The first-order valence-electron chi connectivity index (χ1n) is 11.4. The van der Waals surface area contributed by atoms with Gasteiger partial charge >= 0.3 is 5.69 Å². The Morgan fingerprint density at radius 2 is 1.45 bits per heavy atom. The largest absolute Gasteiger partial charge is 0.331 e. The summed E-state index contributed by atoms with van der Waals surface area (Å²) in [4.78, 5) is 38.6. The third-order valence-electron chi connectivity index (χ3n) is 6.17. The lowest BCUT2D eigenvalue weighted by atomic mass is 10.0. The molecule has 0 radical (unpaired) electrons. The highest BCUT2D eigenvalue weighted by Crippen LogP contribution is 2.14. The summed E-state index contributed by atoms with van der Waals surface area (Å²) in [5.41, 5.74) is 3.99. The molecule has 33 heavy (non-hydrogen) atoms. The van der Waals surface area contributed by atoms with Crippen LogP contribution in [-0.4, -0.2) is 14.9 Å². The maximum atomic E-state index is 13.5. The molecule has 3 aromatic carbocycles. The van der Waals surface area contributed by atoms with Gasteiger partial charge in [0, 0.05) is 18.5 Å². The summed E-state index contributed by atoms with van der Waals surface area (Å²) >= 11 is 0. The molecule has 0 aliphatic heterocycles. The number of fused-ring (bicyclic) bond motifs is 1. The molecule has 0 atom stereocenters. The smallest absolute Gasteiger partial charge is 0.294 e. The number of carbonyl (C=O) groups excluding carboxylic acids is 1. The maximum Gasteiger partial charge on any atom is 0.331 e. The van der Waals surface area contributed by atoms with Crippen molar-refractivity contribution in [3.8, 4) is 0 Å². The second-order valence-electron chi connectivity index (χ2n) is 8.19. The molecule has 0 saturated carbocycles. The first-order chi connectivity index (χ1) is 16.0. The third kappa shape index (κ3) is 4.58. The van der Waals surface area contributed by atoms with Gasteiger partial charge in [0.2, 0.25) is 0 Å². The summed E-state index contributed by atoms with van der Waals surface area (Å²) in [6.07, 6.45) is 1.98. The Kier molecular flexibility index (Phi) is 6.68. The fourth-order valence-electron chi connectivity index (χ4n) is 4.28. The molecule has 5 nitrogen and oxygen atoms in total. The number of aromatic nitrogens is 2. The van der Waals surface area contributed by atoms with Crippen LogP contribution in [0.5, 0.6) is 0 Å². The van der Waals surface area contributed by atoms with E-state index < -0.39 is 0 Å². The molecular formula is C28H28N2O3. The Hall–Kier alpha value is -3.73. The molecule has 0 aliphatic rings. The Morgan fingerprint density at radius 1 is 0.788 bits per heavy atom. The molecule has 0 spiro atoms. The quantitative estimate of drug-likeness (QED) is 0.376. The summed E-state index contributed by atoms with van der Waals surface area (Å²) in [6.45, 7) is 4.59. The van der Waals surface area contributed by atoms with Crippen molar-refractivity contribution in [3.63, 3.8) is 0 Å². The molecule has 4 rings (SSSR count). The number of benzene rings is 3. The van der Waals surface area contributed by atoms with Crippen LogP contribution in [0.25, 0.3) is 10.9 Å². The molecule has 0 bridgehead atoms. The fourth-order valence-corrected chi connectivity index (χ4v) is 4.28. The number of carbonyl (C=O) groups is 1. The van der Waals surface area contributed by atoms with E-state index in [-0.39, 0.29) is 17.0 Å². The van der Waals surface area contributed by atoms with Crippen LogP contribution in [0.1, 0.15) is 47.3 Å². The summed E-state index contributed by atoms with van der Waals surface area (Å²) < 4.78 is 3.00. The highest BCUT2D eigenvalue weighted by atomic mass is 16.2. The average Bonchev–Trinajstić information content (AvgIpc) is 2.86. The Bertz CT molecular complexity index is 1410. The fraction of sp³-hybridized carbons (Fsp3) is 0.250. The van der Waals surface area contributed by atoms with E-state index in [2.05, 4.69) is 19.1 Å². The van der Waals surface area contributed by atoms with Crippen LogP contribution in [0.2, 0.25) is 0 Å². The normalized spacial score (nSPS) is 11.1. The van der Waals surface area contributed by atoms with Gasteiger partial charge in [-0.3, -0.25) is 18.7 Å². The lowest BCUT2D eigenvalue weighted by molar-refractivity contribution is 0.0988. The predicted octanol–water partition coefficient (Wildman–Crippen LogP) is 4.61. The number of rotatable bonds is 8. The number of aryl methyl sites for hydroxylation is 2. The van der Waals surface area contributed by atoms with E-state index in [0.29, 0.717) is 42.4 Å². The maximum absolute atomic E-state index is 13.5. The van der Waals surface area contributed by atoms with Crippen LogP contribution in [0.15, 0.2) is 82.4 Å². The molecule has 168 valence electrons. The van der Waals surface area contributed by atoms with E-state index in [1.165, 1.54) is 10.1 Å². The summed E-state index contributed by atoms with van der Waals surface area (Å²) in [5.74, 6) is 0.0880. The Labute approximate surface area is 192 Å². The third-order valence-corrected chi connectivity index (χ3v) is 6.17. The molecule has 0 saturated heterocycles. The number of hydrogen-bond donors (Lipinski definition) is 0. The second kappa shape index (κ2) is 9.82. The first kappa shape index (κ1) is 22.5. The number of nitrogens with zero attached hydrogens (tertiary/aromatic N) is 2. The van der Waals surface area contributed by atoms with E-state index in [1.807, 2.05) is 49.4 Å². The van der Waals surface area contributed by atoms with Crippen LogP contribution in [0, 0.1) is 0 Å². The van der Waals surface area contributed by atoms with E-state index >= 15 is 0 Å². The molecule has 5 heteroatoms. The van der Waals surface area contributed by atoms with Gasteiger partial charge in [0.1, 0.15) is 0 Å². The lowest BCUT2D eigenvalue weighted by Gasteiger charge is -2.15. The highest BCUT2D eigenvalue weighted by molar-refractivity contribution is 5.95. The predicted molar refractivity (Wildman–Crippen MR) is 132 cm³/mol. The van der Waals surface area contributed by atoms with Gasteiger partial charge in [0.05, 0.1) is 17.4 Å². The van der Waals surface area contributed by atoms with Crippen LogP contribution in [0.4, 0.5) is 0 Å². The molecule has 0 unspecified atom stereocenters. The summed E-state index contributed by atoms with van der Waals surface area (Å²) in [6, 6.07) is 22.7. The van der Waals surface area contributed by atoms with E-state index in [1.54, 1.807) is 22.8 Å². The molecule has 0 fully saturated rings. The van der Waals surface area contributed by atoms with Gasteiger partial charge in [-0.2, -0.15) is 0 Å². The zero-order chi connectivity index (χ0) is 23.4. The highest BCUT2D eigenvalue weighted by Gasteiger charge is 2.14. The van der Waals surface area contributed by atoms with Gasteiger partial charge in [-0.05, 0) is 41.7 Å². The van der Waals surface area contributed by atoms with Crippen molar-refractivity contribution in [2.75, 3.05) is 0 Å². The Balaban J connectivity index is 1.74. The van der Waals surface area contributed by atoms with Crippen molar-refractivity contribution in [3.05, 3.63) is 116 Å². The molecule has 1 heterocycles. The van der Waals surface area contributed by atoms with Gasteiger partial charge in [-0.1, -0.05) is 74.5 Å². The topological polar surface area (TPSA) is 61.1 Å². The van der Waals surface area contributed by atoms with Crippen molar-refractivity contribution in [2.24, 2.45) is 0 Å². The SMILES string of the molecule is CCC(=O)c1ccc(Cn2c(=O)n(CCc3ccccc3CC)c(=O)c3ccccc32)cc1. The van der Waals surface area contributed by atoms with Gasteiger partial charge in [-0.25, -0.2) is 4.79 Å². The minimum absolute atomic E-state index is 0.0880. The molecule has 1 aromatic heterocycles. The molecular weight excluding hydrogens is 412 g/mol. The summed E-state index contributed by atoms with van der Waals surface area (Å²) in [7, 11) is 0. The number of Topliss-reactive ketones (excluding diaryl/α,β-unsaturated/α-hetero) is 1. The summed E-state index contributed by atoms with van der Waals surface area (Å²) in [5, 5.41) is 0.527. The zero-order valence-corrected chi connectivity index (χ0v) is 19.1. The minimum Gasteiger partial charge on any atom is -0.294 e. The lowest BCUT2D eigenvalue weighted by Crippen LogP contribution is -2.40. The van der Waals surface area contributed by atoms with E-state index in [4.69, 9.17) is 0 Å². The van der Waals surface area contributed by atoms with Crippen LogP contribution < -0.4 is 11.2 Å². The average molecular weight is 441 g/mol. The monoisotopic (exact) mass is 440 g/mol. The van der Waals surface area contributed by atoms with Crippen molar-refractivity contribution >= 4 is 16.7 Å². The number of para-hydroxylation sites is 1. The zero-order valence-electron chi connectivity index (χ0n) is 19.1. The van der Waals surface area contributed by atoms with Gasteiger partial charge < -0.3 is 0 Å². The molecule has 0 amide bonds. The van der Waals surface area contributed by atoms with Crippen LogP contribution in [-0.2, 0) is 25.9 Å². The number of ketones is 1. The van der Waals surface area contributed by atoms with Crippen molar-refractivity contribution in [1.82, 2.24) is 9.13 Å². The van der Waals surface area contributed by atoms with Crippen LogP contribution >= 0.6 is 0 Å². The van der Waals surface area contributed by atoms with Crippen molar-refractivity contribution in [2.45, 2.75) is 46.2 Å². The number of hydrogen-bond acceptors (Lipinski definition) is 3. The van der Waals surface area contributed by atoms with E-state index in [0.717, 1.165) is 17.5 Å². The van der Waals surface area contributed by atoms with Crippen molar-refractivity contribution in [1.29, 1.82) is 0 Å². The molecule has 0 N–H and O–H groups in total. The van der Waals surface area contributed by atoms with Gasteiger partial charge in [0.15, 0.2) is 5.78 Å². The van der Waals surface area contributed by atoms with E-state index in [9.17, 15) is 14.4 Å². The van der Waals surface area contributed by atoms with Gasteiger partial charge in [0.25, 0.3) is 5.56 Å². The standard InChI is InChI=1S/C28H28N2O3/c1-3-21-9-5-6-10-22(21)17-18-29-27(32)24-11-7-8-12-25(24)30(28(29)33)19-20-13-15-23(16-14-20)26(31)4-2/h5-16H,3-4,17-19H2,1-2H3.